The van der Waals surface area contributed by atoms with Gasteiger partial charge in [0.25, 0.3) is 0 Å². The monoisotopic (exact) mass is 526 g/mol. The summed E-state index contributed by atoms with van der Waals surface area (Å²) in [6.45, 7) is 5.46. The molecule has 0 spiro atoms. The summed E-state index contributed by atoms with van der Waals surface area (Å²) in [6.07, 6.45) is 8.35. The highest BCUT2D eigenvalue weighted by Crippen LogP contribution is 2.45. The first kappa shape index (κ1) is 25.5. The number of dihydropyridines is 1. The van der Waals surface area contributed by atoms with Crippen LogP contribution in [0.25, 0.3) is 4.91 Å². The van der Waals surface area contributed by atoms with Crippen LogP contribution in [0.1, 0.15) is 44.4 Å². The number of aliphatic hydroxyl groups is 1. The number of carbonyl (C=O) groups excluding carboxylic acids is 1. The van der Waals surface area contributed by atoms with Crippen molar-refractivity contribution in [1.82, 2.24) is 19.8 Å². The molecule has 0 radical (unpaired) electrons. The van der Waals surface area contributed by atoms with Gasteiger partial charge in [0.2, 0.25) is 0 Å². The summed E-state index contributed by atoms with van der Waals surface area (Å²) in [7, 11) is 1.89. The predicted molar refractivity (Wildman–Crippen MR) is 143 cm³/mol. The molecule has 1 aliphatic carbocycles. The van der Waals surface area contributed by atoms with Crippen molar-refractivity contribution in [2.75, 3.05) is 18.4 Å². The van der Waals surface area contributed by atoms with E-state index >= 15 is 0 Å². The Morgan fingerprint density at radius 3 is 2.84 bits per heavy atom. The van der Waals surface area contributed by atoms with Crippen LogP contribution in [0.15, 0.2) is 47.3 Å². The number of rotatable bonds is 9. The first-order valence-electron chi connectivity index (χ1n) is 12.5. The Morgan fingerprint density at radius 2 is 2.14 bits per heavy atom. The summed E-state index contributed by atoms with van der Waals surface area (Å²) in [5.41, 5.74) is 1.07. The van der Waals surface area contributed by atoms with Crippen molar-refractivity contribution >= 4 is 34.6 Å². The van der Waals surface area contributed by atoms with Crippen molar-refractivity contribution in [3.8, 4) is 5.75 Å². The summed E-state index contributed by atoms with van der Waals surface area (Å²) < 4.78 is 22.7. The minimum atomic E-state index is -0.743. The number of imidazole rings is 1. The zero-order chi connectivity index (χ0) is 26.1. The Balaban J connectivity index is 1.27. The summed E-state index contributed by atoms with van der Waals surface area (Å²) in [4.78, 5) is 24.0. The maximum atomic E-state index is 14.9. The number of thioether (sulfide) groups is 1. The van der Waals surface area contributed by atoms with E-state index in [4.69, 9.17) is 4.74 Å². The van der Waals surface area contributed by atoms with E-state index in [1.807, 2.05) is 36.4 Å². The molecule has 11 heteroatoms. The molecule has 1 aromatic carbocycles. The quantitative estimate of drug-likeness (QED) is 0.426. The lowest BCUT2D eigenvalue weighted by molar-refractivity contribution is 0.00356. The molecule has 1 fully saturated rings. The van der Waals surface area contributed by atoms with Gasteiger partial charge in [-0.15, -0.1) is 11.8 Å². The molecule has 3 N–H and O–H groups in total. The summed E-state index contributed by atoms with van der Waals surface area (Å²) in [5.74, 6) is 0.824. The molecule has 2 aromatic rings. The molecule has 3 unspecified atom stereocenters. The first-order valence-corrected chi connectivity index (χ1v) is 13.4. The second-order valence-corrected chi connectivity index (χ2v) is 10.4. The number of halogens is 1. The molecule has 37 heavy (non-hydrogen) atoms. The average Bonchev–Trinajstić information content (AvgIpc) is 3.43. The van der Waals surface area contributed by atoms with Gasteiger partial charge in [0.1, 0.15) is 17.8 Å². The number of hydrogen-bond donors (Lipinski definition) is 3. The molecule has 1 saturated carbocycles. The van der Waals surface area contributed by atoms with Gasteiger partial charge in [-0.25, -0.2) is 14.2 Å². The minimum absolute atomic E-state index is 0.0733. The number of fused-ring (bicyclic) bond motifs is 1. The predicted octanol–water partition coefficient (Wildman–Crippen LogP) is 4.05. The molecule has 3 heterocycles. The van der Waals surface area contributed by atoms with Crippen LogP contribution in [-0.4, -0.2) is 62.2 Å². The van der Waals surface area contributed by atoms with E-state index in [1.54, 1.807) is 36.3 Å². The summed E-state index contributed by atoms with van der Waals surface area (Å²) in [5, 5.41) is 16.1. The number of aliphatic imine (C=N–C) groups is 1. The minimum Gasteiger partial charge on any atom is -0.457 e. The Hall–Kier alpha value is -3.15. The lowest BCUT2D eigenvalue weighted by atomic mass is 10.1. The number of hydrogen-bond acceptors (Lipinski definition) is 7. The Bertz CT molecular complexity index is 1270. The fraction of sp³-hybridized carbons (Fsp3) is 0.423. The molecule has 0 bridgehead atoms. The van der Waals surface area contributed by atoms with Crippen LogP contribution in [0.3, 0.4) is 0 Å². The molecule has 2 amide bonds. The SMILES string of the molecule is CCN(CC)C(O)c1cnc(C2=CC3N=CC=C(Oc4ccc(NC(=O)NC5CC5)cc4F)C3S2)n1C. The van der Waals surface area contributed by atoms with Gasteiger partial charge in [0.15, 0.2) is 11.6 Å². The number of aromatic nitrogens is 2. The maximum Gasteiger partial charge on any atom is 0.319 e. The van der Waals surface area contributed by atoms with E-state index in [-0.39, 0.29) is 29.1 Å². The number of amides is 2. The number of aliphatic hydroxyl groups excluding tert-OH is 1. The van der Waals surface area contributed by atoms with Crippen LogP contribution in [0.2, 0.25) is 0 Å². The second kappa shape index (κ2) is 10.7. The largest absolute Gasteiger partial charge is 0.457 e. The van der Waals surface area contributed by atoms with Crippen molar-refractivity contribution in [3.05, 3.63) is 59.6 Å². The van der Waals surface area contributed by atoms with Crippen LogP contribution in [0, 0.1) is 5.82 Å². The fourth-order valence-corrected chi connectivity index (χ4v) is 5.70. The first-order chi connectivity index (χ1) is 17.9. The van der Waals surface area contributed by atoms with Crippen molar-refractivity contribution in [2.45, 2.75) is 50.3 Å². The number of nitrogens with one attached hydrogen (secondary N) is 2. The van der Waals surface area contributed by atoms with Gasteiger partial charge in [-0.1, -0.05) is 13.8 Å². The van der Waals surface area contributed by atoms with Gasteiger partial charge in [-0.3, -0.25) is 9.89 Å². The van der Waals surface area contributed by atoms with Gasteiger partial charge in [0, 0.05) is 36.0 Å². The number of allylic oxidation sites excluding steroid dienone is 1. The normalized spacial score (nSPS) is 21.4. The van der Waals surface area contributed by atoms with Crippen LogP contribution in [0.4, 0.5) is 14.9 Å². The highest BCUT2D eigenvalue weighted by molar-refractivity contribution is 8.09. The molecule has 3 aliphatic rings. The van der Waals surface area contributed by atoms with Gasteiger partial charge in [0.05, 0.1) is 23.2 Å². The topological polar surface area (TPSA) is 104 Å². The average molecular weight is 527 g/mol. The van der Waals surface area contributed by atoms with Gasteiger partial charge < -0.3 is 25.0 Å². The van der Waals surface area contributed by atoms with Crippen LogP contribution < -0.4 is 15.4 Å². The van der Waals surface area contributed by atoms with Gasteiger partial charge in [-0.05, 0) is 50.2 Å². The molecule has 196 valence electrons. The molecule has 2 aliphatic heterocycles. The van der Waals surface area contributed by atoms with Crippen LogP contribution in [-0.2, 0) is 7.05 Å². The maximum absolute atomic E-state index is 14.9. The smallest absolute Gasteiger partial charge is 0.319 e. The van der Waals surface area contributed by atoms with E-state index in [0.717, 1.165) is 36.7 Å². The molecular formula is C26H31FN6O3S. The van der Waals surface area contributed by atoms with Gasteiger partial charge >= 0.3 is 6.03 Å². The number of nitrogens with zero attached hydrogens (tertiary/aromatic N) is 4. The zero-order valence-corrected chi connectivity index (χ0v) is 21.8. The number of carbonyl (C=O) groups is 1. The fourth-order valence-electron chi connectivity index (χ4n) is 4.38. The third-order valence-electron chi connectivity index (χ3n) is 6.66. The van der Waals surface area contributed by atoms with E-state index in [1.165, 1.54) is 12.1 Å². The van der Waals surface area contributed by atoms with E-state index in [2.05, 4.69) is 20.6 Å². The summed E-state index contributed by atoms with van der Waals surface area (Å²) in [6, 6.07) is 4.07. The number of urea groups is 1. The Labute approximate surface area is 219 Å². The number of benzene rings is 1. The molecule has 1 aromatic heterocycles. The Kier molecular flexibility index (Phi) is 7.36. The van der Waals surface area contributed by atoms with Crippen LogP contribution in [0.5, 0.6) is 5.75 Å². The standard InChI is InChI=1S/C26H31FN6O3S/c1-4-33(5-2)25(34)19-14-29-24(32(19)3)22-13-18-23(37-22)21(10-11-28-18)36-20-9-8-16(12-17(20)27)31-26(35)30-15-6-7-15/h8-15,18,23,25,34H,4-7H2,1-3H3,(H2,30,31,35). The molecule has 3 atom stereocenters. The molecule has 5 rings (SSSR count). The van der Waals surface area contributed by atoms with Crippen molar-refractivity contribution < 1.29 is 19.0 Å². The van der Waals surface area contributed by atoms with Gasteiger partial charge in [-0.2, -0.15) is 0 Å². The molecule has 0 saturated heterocycles. The molecule has 9 nitrogen and oxygen atoms in total. The highest BCUT2D eigenvalue weighted by Gasteiger charge is 2.36. The lowest BCUT2D eigenvalue weighted by Gasteiger charge is -2.25. The second-order valence-electron chi connectivity index (χ2n) is 9.21. The van der Waals surface area contributed by atoms with E-state index in [9.17, 15) is 14.3 Å². The number of anilines is 1. The lowest BCUT2D eigenvalue weighted by Crippen LogP contribution is -2.30. The third-order valence-corrected chi connectivity index (χ3v) is 8.00. The molecular weight excluding hydrogens is 495 g/mol. The Morgan fingerprint density at radius 1 is 1.35 bits per heavy atom. The van der Waals surface area contributed by atoms with E-state index in [0.29, 0.717) is 17.1 Å². The highest BCUT2D eigenvalue weighted by atomic mass is 32.2. The number of ether oxygens (including phenoxy) is 1. The summed E-state index contributed by atoms with van der Waals surface area (Å²) >= 11 is 1.55. The van der Waals surface area contributed by atoms with Crippen molar-refractivity contribution in [2.24, 2.45) is 12.0 Å². The van der Waals surface area contributed by atoms with Crippen LogP contribution >= 0.6 is 11.8 Å². The zero-order valence-electron chi connectivity index (χ0n) is 21.0. The van der Waals surface area contributed by atoms with Crippen molar-refractivity contribution in [3.63, 3.8) is 0 Å². The third kappa shape index (κ3) is 5.43. The van der Waals surface area contributed by atoms with E-state index < -0.39 is 12.0 Å². The van der Waals surface area contributed by atoms with Crippen molar-refractivity contribution in [1.29, 1.82) is 0 Å².